The van der Waals surface area contributed by atoms with E-state index in [0.717, 1.165) is 0 Å². The first-order valence-electron chi connectivity index (χ1n) is 8.44. The Balaban J connectivity index is 1.43. The number of aliphatic imine (C=N–C) groups is 2. The van der Waals surface area contributed by atoms with E-state index in [1.54, 1.807) is 19.2 Å². The number of carbonyl (C=O) groups excluding carboxylic acids is 2. The molecule has 0 radical (unpaired) electrons. The van der Waals surface area contributed by atoms with Gasteiger partial charge in [0.15, 0.2) is 0 Å². The molecule has 4 rings (SSSR count). The molecule has 132 valence electrons. The third-order valence-electron chi connectivity index (χ3n) is 5.11. The minimum absolute atomic E-state index is 0.0461. The van der Waals surface area contributed by atoms with E-state index in [1.165, 1.54) is 0 Å². The Labute approximate surface area is 143 Å². The summed E-state index contributed by atoms with van der Waals surface area (Å²) in [7, 11) is 0. The molecule has 0 aliphatic carbocycles. The lowest BCUT2D eigenvalue weighted by atomic mass is 10.0. The highest BCUT2D eigenvalue weighted by Crippen LogP contribution is 2.32. The number of aromatic nitrogens is 2. The summed E-state index contributed by atoms with van der Waals surface area (Å²) in [6.45, 7) is 4.41. The van der Waals surface area contributed by atoms with Gasteiger partial charge in [0.2, 0.25) is 12.1 Å². The lowest BCUT2D eigenvalue weighted by Gasteiger charge is -2.24. The molecule has 3 aliphatic rings. The number of aromatic amines is 1. The van der Waals surface area contributed by atoms with Gasteiger partial charge in [0, 0.05) is 44.2 Å². The Bertz CT molecular complexity index is 745. The topological polar surface area (TPSA) is 94.0 Å². The van der Waals surface area contributed by atoms with Gasteiger partial charge in [-0.15, -0.1) is 0 Å². The van der Waals surface area contributed by atoms with E-state index in [0.29, 0.717) is 56.1 Å². The van der Waals surface area contributed by atoms with Crippen LogP contribution in [0.25, 0.3) is 0 Å². The summed E-state index contributed by atoms with van der Waals surface area (Å²) in [5.74, 6) is 0.0999. The van der Waals surface area contributed by atoms with Crippen LogP contribution in [0.15, 0.2) is 22.2 Å². The van der Waals surface area contributed by atoms with E-state index in [1.807, 2.05) is 9.80 Å². The molecule has 2 amide bonds. The van der Waals surface area contributed by atoms with Gasteiger partial charge in [-0.1, -0.05) is 6.92 Å². The zero-order chi connectivity index (χ0) is 17.6. The number of fused-ring (bicyclic) bond motifs is 1. The minimum atomic E-state index is -1.71. The number of nitrogens with one attached hydrogen (secondary N) is 1. The molecule has 0 bridgehead atoms. The molecule has 4 heterocycles. The number of guanidine groups is 1. The van der Waals surface area contributed by atoms with Crippen LogP contribution in [-0.2, 0) is 4.79 Å². The SMILES string of the molecule is CCC1=NC(N2CC3CN(C(=O)c4ccn[nH]4)CC3C2)=NC(=O)C1F. The van der Waals surface area contributed by atoms with Gasteiger partial charge < -0.3 is 9.80 Å². The maximum absolute atomic E-state index is 13.7. The summed E-state index contributed by atoms with van der Waals surface area (Å²) < 4.78 is 13.7. The number of hydrogen-bond donors (Lipinski definition) is 1. The number of rotatable bonds is 2. The van der Waals surface area contributed by atoms with Crippen LogP contribution in [-0.4, -0.2) is 75.8 Å². The molecule has 3 unspecified atom stereocenters. The average molecular weight is 346 g/mol. The van der Waals surface area contributed by atoms with E-state index >= 15 is 0 Å². The highest BCUT2D eigenvalue weighted by molar-refractivity contribution is 6.17. The molecule has 0 aromatic carbocycles. The van der Waals surface area contributed by atoms with Crippen molar-refractivity contribution >= 4 is 23.5 Å². The van der Waals surface area contributed by atoms with Crippen LogP contribution in [0.2, 0.25) is 0 Å². The maximum Gasteiger partial charge on any atom is 0.289 e. The zero-order valence-electron chi connectivity index (χ0n) is 13.9. The van der Waals surface area contributed by atoms with Crippen molar-refractivity contribution in [2.24, 2.45) is 21.8 Å². The van der Waals surface area contributed by atoms with Crippen LogP contribution < -0.4 is 0 Å². The monoisotopic (exact) mass is 346 g/mol. The summed E-state index contributed by atoms with van der Waals surface area (Å²) in [5.41, 5.74) is 0.730. The van der Waals surface area contributed by atoms with Gasteiger partial charge in [-0.3, -0.25) is 14.7 Å². The van der Waals surface area contributed by atoms with Crippen LogP contribution in [0.5, 0.6) is 0 Å². The smallest absolute Gasteiger partial charge is 0.289 e. The van der Waals surface area contributed by atoms with Crippen molar-refractivity contribution in [3.05, 3.63) is 18.0 Å². The molecule has 3 aliphatic heterocycles. The molecular weight excluding hydrogens is 327 g/mol. The molecule has 3 atom stereocenters. The Morgan fingerprint density at radius 1 is 1.28 bits per heavy atom. The summed E-state index contributed by atoms with van der Waals surface area (Å²) in [5, 5.41) is 6.51. The van der Waals surface area contributed by atoms with Crippen molar-refractivity contribution in [3.8, 4) is 0 Å². The fourth-order valence-electron chi connectivity index (χ4n) is 3.78. The van der Waals surface area contributed by atoms with Crippen molar-refractivity contribution in [2.45, 2.75) is 19.5 Å². The third kappa shape index (κ3) is 2.73. The number of amides is 2. The number of nitrogens with zero attached hydrogens (tertiary/aromatic N) is 5. The standard InChI is InChI=1S/C16H19FN6O2/c1-2-11-13(17)14(24)20-16(19-11)23-7-9-5-22(6-10(9)8-23)15(25)12-3-4-18-21-12/h3-4,9-10,13H,2,5-8H2,1H3,(H,18,21). The van der Waals surface area contributed by atoms with Gasteiger partial charge in [0.05, 0.1) is 5.71 Å². The summed E-state index contributed by atoms with van der Waals surface area (Å²) >= 11 is 0. The number of likely N-dealkylation sites (tertiary alicyclic amines) is 2. The number of halogens is 1. The van der Waals surface area contributed by atoms with Crippen LogP contribution in [0, 0.1) is 11.8 Å². The normalized spacial score (nSPS) is 28.9. The lowest BCUT2D eigenvalue weighted by molar-refractivity contribution is -0.120. The van der Waals surface area contributed by atoms with E-state index in [2.05, 4.69) is 20.2 Å². The second kappa shape index (κ2) is 6.05. The first-order chi connectivity index (χ1) is 12.1. The minimum Gasteiger partial charge on any atom is -0.340 e. The van der Waals surface area contributed by atoms with Gasteiger partial charge in [0.25, 0.3) is 11.8 Å². The van der Waals surface area contributed by atoms with Crippen LogP contribution in [0.4, 0.5) is 4.39 Å². The van der Waals surface area contributed by atoms with E-state index in [4.69, 9.17) is 0 Å². The fraction of sp³-hybridized carbons (Fsp3) is 0.562. The Morgan fingerprint density at radius 2 is 2.00 bits per heavy atom. The van der Waals surface area contributed by atoms with Gasteiger partial charge in [-0.2, -0.15) is 10.1 Å². The van der Waals surface area contributed by atoms with Gasteiger partial charge in [-0.25, -0.2) is 9.38 Å². The molecule has 1 aromatic rings. The van der Waals surface area contributed by atoms with E-state index < -0.39 is 12.1 Å². The summed E-state index contributed by atoms with van der Waals surface area (Å²) in [6, 6.07) is 1.67. The lowest BCUT2D eigenvalue weighted by Crippen LogP contribution is -2.39. The second-order valence-corrected chi connectivity index (χ2v) is 6.67. The molecule has 9 heteroatoms. The van der Waals surface area contributed by atoms with E-state index in [-0.39, 0.29) is 11.6 Å². The maximum atomic E-state index is 13.7. The number of hydrogen-bond acceptors (Lipinski definition) is 5. The highest BCUT2D eigenvalue weighted by Gasteiger charge is 2.43. The molecular formula is C16H19FN6O2. The molecule has 25 heavy (non-hydrogen) atoms. The van der Waals surface area contributed by atoms with Crippen LogP contribution in [0.1, 0.15) is 23.8 Å². The van der Waals surface area contributed by atoms with Gasteiger partial charge in [0.1, 0.15) is 5.69 Å². The zero-order valence-corrected chi connectivity index (χ0v) is 13.9. The predicted molar refractivity (Wildman–Crippen MR) is 88.1 cm³/mol. The van der Waals surface area contributed by atoms with Gasteiger partial charge >= 0.3 is 0 Å². The predicted octanol–water partition coefficient (Wildman–Crippen LogP) is 0.499. The molecule has 8 nitrogen and oxygen atoms in total. The first-order valence-corrected chi connectivity index (χ1v) is 8.44. The van der Waals surface area contributed by atoms with Crippen molar-refractivity contribution in [3.63, 3.8) is 0 Å². The summed E-state index contributed by atoms with van der Waals surface area (Å²) in [4.78, 5) is 35.9. The fourth-order valence-corrected chi connectivity index (χ4v) is 3.78. The molecule has 0 spiro atoms. The Kier molecular flexibility index (Phi) is 3.85. The van der Waals surface area contributed by atoms with Crippen molar-refractivity contribution in [1.82, 2.24) is 20.0 Å². The van der Waals surface area contributed by atoms with Crippen LogP contribution in [0.3, 0.4) is 0 Å². The average Bonchev–Trinajstić information content (AvgIpc) is 3.32. The van der Waals surface area contributed by atoms with Crippen LogP contribution >= 0.6 is 0 Å². The number of H-pyrrole nitrogens is 1. The molecule has 1 N–H and O–H groups in total. The number of carbonyl (C=O) groups is 2. The second-order valence-electron chi connectivity index (χ2n) is 6.67. The van der Waals surface area contributed by atoms with Crippen molar-refractivity contribution in [2.75, 3.05) is 26.2 Å². The molecule has 1 aromatic heterocycles. The number of alkyl halides is 1. The molecule has 2 saturated heterocycles. The molecule has 0 saturated carbocycles. The molecule has 2 fully saturated rings. The third-order valence-corrected chi connectivity index (χ3v) is 5.11. The Morgan fingerprint density at radius 3 is 2.60 bits per heavy atom. The quantitative estimate of drug-likeness (QED) is 0.844. The van der Waals surface area contributed by atoms with Crippen molar-refractivity contribution in [1.29, 1.82) is 0 Å². The summed E-state index contributed by atoms with van der Waals surface area (Å²) in [6.07, 6.45) is 0.239. The first kappa shape index (κ1) is 15.9. The largest absolute Gasteiger partial charge is 0.340 e. The van der Waals surface area contributed by atoms with E-state index in [9.17, 15) is 14.0 Å². The van der Waals surface area contributed by atoms with Gasteiger partial charge in [-0.05, 0) is 12.5 Å². The Hall–Kier alpha value is -2.58. The van der Waals surface area contributed by atoms with Crippen molar-refractivity contribution < 1.29 is 14.0 Å². The highest BCUT2D eigenvalue weighted by atomic mass is 19.1.